The fraction of sp³-hybridized carbons (Fsp3) is 0.381. The summed E-state index contributed by atoms with van der Waals surface area (Å²) < 4.78 is 1.08. The summed E-state index contributed by atoms with van der Waals surface area (Å²) in [5, 5.41) is 5.11. The van der Waals surface area contributed by atoms with Gasteiger partial charge >= 0.3 is 0 Å². The minimum absolute atomic E-state index is 0.0366. The van der Waals surface area contributed by atoms with Gasteiger partial charge < -0.3 is 15.5 Å². The second kappa shape index (κ2) is 9.19. The van der Waals surface area contributed by atoms with Gasteiger partial charge in [0.25, 0.3) is 5.91 Å². The molecule has 0 aromatic heterocycles. The van der Waals surface area contributed by atoms with Crippen molar-refractivity contribution in [1.29, 1.82) is 0 Å². The van der Waals surface area contributed by atoms with Gasteiger partial charge in [-0.05, 0) is 49.2 Å². The molecule has 1 heterocycles. The maximum atomic E-state index is 12.3. The summed E-state index contributed by atoms with van der Waals surface area (Å²) in [5.41, 5.74) is 3.36. The number of nitrogens with zero attached hydrogens (tertiary/aromatic N) is 1. The van der Waals surface area contributed by atoms with Crippen LogP contribution < -0.4 is 15.5 Å². The van der Waals surface area contributed by atoms with Crippen LogP contribution in [0.25, 0.3) is 0 Å². The van der Waals surface area contributed by atoms with Gasteiger partial charge in [-0.25, -0.2) is 0 Å². The van der Waals surface area contributed by atoms with Gasteiger partial charge in [-0.15, -0.1) is 0 Å². The molecule has 4 nitrogen and oxygen atoms in total. The average Bonchev–Trinajstić information content (AvgIpc) is 3.19. The van der Waals surface area contributed by atoms with Gasteiger partial charge in [0.2, 0.25) is 0 Å². The maximum Gasteiger partial charge on any atom is 0.279 e. The summed E-state index contributed by atoms with van der Waals surface area (Å²) >= 11 is 3.46. The summed E-state index contributed by atoms with van der Waals surface area (Å²) in [4.78, 5) is 14.7. The molecule has 0 spiro atoms. The summed E-state index contributed by atoms with van der Waals surface area (Å²) in [7, 11) is 0. The molecule has 3 rings (SSSR count). The molecule has 138 valence electrons. The van der Waals surface area contributed by atoms with Crippen LogP contribution in [0.3, 0.4) is 0 Å². The number of halogens is 1. The van der Waals surface area contributed by atoms with E-state index < -0.39 is 0 Å². The molecule has 0 unspecified atom stereocenters. The molecule has 2 aromatic rings. The van der Waals surface area contributed by atoms with E-state index in [9.17, 15) is 4.79 Å². The number of hydrogen-bond acceptors (Lipinski definition) is 2. The van der Waals surface area contributed by atoms with Crippen molar-refractivity contribution in [3.8, 4) is 0 Å². The first-order valence-corrected chi connectivity index (χ1v) is 10.2. The highest BCUT2D eigenvalue weighted by atomic mass is 79.9. The van der Waals surface area contributed by atoms with Crippen LogP contribution in [0, 0.1) is 0 Å². The van der Waals surface area contributed by atoms with Crippen LogP contribution in [-0.4, -0.2) is 25.5 Å². The van der Waals surface area contributed by atoms with E-state index in [1.807, 2.05) is 24.3 Å². The molecule has 1 amide bonds. The fourth-order valence-electron chi connectivity index (χ4n) is 3.44. The summed E-state index contributed by atoms with van der Waals surface area (Å²) in [6.07, 6.45) is 3.52. The highest BCUT2D eigenvalue weighted by Gasteiger charge is 2.15. The maximum absolute atomic E-state index is 12.3. The molecule has 26 heavy (non-hydrogen) atoms. The van der Waals surface area contributed by atoms with Crippen LogP contribution in [0.4, 0.5) is 11.4 Å². The Labute approximate surface area is 164 Å². The molecule has 0 saturated carbocycles. The van der Waals surface area contributed by atoms with Crippen LogP contribution in [0.15, 0.2) is 53.0 Å². The molecule has 1 saturated heterocycles. The largest absolute Gasteiger partial charge is 0.372 e. The molecule has 1 fully saturated rings. The van der Waals surface area contributed by atoms with Crippen molar-refractivity contribution in [2.24, 2.45) is 0 Å². The fourth-order valence-corrected chi connectivity index (χ4v) is 3.70. The molecule has 1 atom stereocenters. The second-order valence-corrected chi connectivity index (χ2v) is 7.71. The van der Waals surface area contributed by atoms with Crippen molar-refractivity contribution in [3.63, 3.8) is 0 Å². The lowest BCUT2D eigenvalue weighted by atomic mass is 10.0. The zero-order valence-electron chi connectivity index (χ0n) is 15.2. The van der Waals surface area contributed by atoms with Crippen molar-refractivity contribution >= 4 is 33.2 Å². The quantitative estimate of drug-likeness (QED) is 0.722. The predicted octanol–water partition coefficient (Wildman–Crippen LogP) is 3.70. The number of quaternary nitrogens is 1. The molecule has 2 aromatic carbocycles. The molecule has 1 aliphatic heterocycles. The lowest BCUT2D eigenvalue weighted by molar-refractivity contribution is -0.686. The highest BCUT2D eigenvalue weighted by molar-refractivity contribution is 9.10. The van der Waals surface area contributed by atoms with Gasteiger partial charge in [0, 0.05) is 40.9 Å². The molecule has 0 radical (unpaired) electrons. The monoisotopic (exact) mass is 416 g/mol. The zero-order valence-corrected chi connectivity index (χ0v) is 16.8. The lowest BCUT2D eigenvalue weighted by Crippen LogP contribution is -2.87. The number of carbonyl (C=O) groups excluding carboxylic acids is 1. The average molecular weight is 417 g/mol. The van der Waals surface area contributed by atoms with Crippen molar-refractivity contribution in [2.45, 2.75) is 32.2 Å². The number of nitrogens with one attached hydrogen (secondary N) is 1. The Bertz CT molecular complexity index is 709. The van der Waals surface area contributed by atoms with E-state index in [1.165, 1.54) is 24.1 Å². The summed E-state index contributed by atoms with van der Waals surface area (Å²) in [5.74, 6) is 0.0366. The van der Waals surface area contributed by atoms with Crippen LogP contribution >= 0.6 is 15.9 Å². The smallest absolute Gasteiger partial charge is 0.279 e. The van der Waals surface area contributed by atoms with Gasteiger partial charge in [-0.2, -0.15) is 0 Å². The van der Waals surface area contributed by atoms with E-state index in [0.717, 1.165) is 29.7 Å². The van der Waals surface area contributed by atoms with E-state index >= 15 is 0 Å². The van der Waals surface area contributed by atoms with Crippen molar-refractivity contribution in [1.82, 2.24) is 0 Å². The van der Waals surface area contributed by atoms with E-state index in [1.54, 1.807) is 0 Å². The van der Waals surface area contributed by atoms with E-state index in [4.69, 9.17) is 0 Å². The Hall–Kier alpha value is -1.85. The van der Waals surface area contributed by atoms with Crippen molar-refractivity contribution in [2.75, 3.05) is 29.9 Å². The van der Waals surface area contributed by atoms with E-state index in [-0.39, 0.29) is 5.91 Å². The van der Waals surface area contributed by atoms with Crippen LogP contribution in [0.2, 0.25) is 0 Å². The third-order valence-corrected chi connectivity index (χ3v) is 5.48. The normalized spacial score (nSPS) is 15.1. The zero-order chi connectivity index (χ0) is 18.4. The lowest BCUT2D eigenvalue weighted by Gasteiger charge is -2.18. The van der Waals surface area contributed by atoms with Crippen molar-refractivity contribution < 1.29 is 10.1 Å². The van der Waals surface area contributed by atoms with Gasteiger partial charge in [0.05, 0.1) is 0 Å². The first-order valence-electron chi connectivity index (χ1n) is 9.39. The van der Waals surface area contributed by atoms with Gasteiger partial charge in [-0.3, -0.25) is 4.79 Å². The molecule has 1 aliphatic rings. The number of benzene rings is 2. The van der Waals surface area contributed by atoms with Crippen LogP contribution in [0.5, 0.6) is 0 Å². The third kappa shape index (κ3) is 5.08. The molecule has 3 N–H and O–H groups in total. The molecule has 0 aliphatic carbocycles. The Morgan fingerprint density at radius 1 is 1.12 bits per heavy atom. The number of nitrogens with two attached hydrogens (primary N) is 1. The number of hydrogen-bond donors (Lipinski definition) is 2. The van der Waals surface area contributed by atoms with Crippen LogP contribution in [0.1, 0.15) is 37.8 Å². The number of anilines is 2. The SMILES string of the molecule is CC[C@H]([NH2+]CC(=O)Nc1ccc(N2CCCC2)cc1)c1ccc(Br)cc1. The Morgan fingerprint density at radius 3 is 2.38 bits per heavy atom. The van der Waals surface area contributed by atoms with E-state index in [2.05, 4.69) is 62.7 Å². The van der Waals surface area contributed by atoms with Gasteiger partial charge in [-0.1, -0.05) is 35.0 Å². The minimum Gasteiger partial charge on any atom is -0.372 e. The number of rotatable bonds is 7. The first kappa shape index (κ1) is 18.9. The van der Waals surface area contributed by atoms with Gasteiger partial charge in [0.15, 0.2) is 6.54 Å². The Morgan fingerprint density at radius 2 is 1.77 bits per heavy atom. The number of amides is 1. The van der Waals surface area contributed by atoms with E-state index in [0.29, 0.717) is 12.6 Å². The standard InChI is InChI=1S/C21H26BrN3O/c1-2-20(16-5-7-17(22)8-6-16)23-15-21(26)24-18-9-11-19(12-10-18)25-13-3-4-14-25/h5-12,20,23H,2-4,13-15H2,1H3,(H,24,26)/p+1/t20-/m0/s1. The second-order valence-electron chi connectivity index (χ2n) is 6.80. The predicted molar refractivity (Wildman–Crippen MR) is 110 cm³/mol. The van der Waals surface area contributed by atoms with Crippen molar-refractivity contribution in [3.05, 3.63) is 58.6 Å². The molecular formula is C21H27BrN3O+. The van der Waals surface area contributed by atoms with Crippen LogP contribution in [-0.2, 0) is 4.79 Å². The number of carbonyl (C=O) groups is 1. The Balaban J connectivity index is 1.50. The molecular weight excluding hydrogens is 390 g/mol. The summed E-state index contributed by atoms with van der Waals surface area (Å²) in [6.45, 7) is 4.84. The molecule has 0 bridgehead atoms. The third-order valence-electron chi connectivity index (χ3n) is 4.95. The Kier molecular flexibility index (Phi) is 6.69. The van der Waals surface area contributed by atoms with Gasteiger partial charge in [0.1, 0.15) is 6.04 Å². The minimum atomic E-state index is 0.0366. The summed E-state index contributed by atoms with van der Waals surface area (Å²) in [6, 6.07) is 16.8. The highest BCUT2D eigenvalue weighted by Crippen LogP contribution is 2.22. The topological polar surface area (TPSA) is 49.0 Å². The molecule has 5 heteroatoms. The first-order chi connectivity index (χ1) is 12.7.